The molecule has 0 aliphatic carbocycles. The Morgan fingerprint density at radius 2 is 1.71 bits per heavy atom. The summed E-state index contributed by atoms with van der Waals surface area (Å²) in [4.78, 5) is 16.9. The fourth-order valence-corrected chi connectivity index (χ4v) is 3.14. The summed E-state index contributed by atoms with van der Waals surface area (Å²) in [5, 5.41) is 2.48. The molecule has 0 aliphatic heterocycles. The van der Waals surface area contributed by atoms with E-state index in [0.29, 0.717) is 6.42 Å². The highest BCUT2D eigenvalue weighted by molar-refractivity contribution is 5.91. The average Bonchev–Trinajstić information content (AvgIpc) is 3.07. The lowest BCUT2D eigenvalue weighted by Crippen LogP contribution is -2.14. The van der Waals surface area contributed by atoms with Crippen LogP contribution in [0.15, 0.2) is 72.8 Å². The lowest BCUT2D eigenvalue weighted by atomic mass is 10.2. The third kappa shape index (κ3) is 3.62. The Kier molecular flexibility index (Phi) is 4.85. The largest absolute Gasteiger partial charge is 0.324 e. The third-order valence-electron chi connectivity index (χ3n) is 4.43. The Morgan fingerprint density at radius 1 is 0.964 bits per heavy atom. The molecule has 0 spiro atoms. The molecule has 0 radical (unpaired) electrons. The molecule has 1 heterocycles. The fourth-order valence-electron chi connectivity index (χ4n) is 3.14. The Labute approximate surface area is 160 Å². The van der Waals surface area contributed by atoms with Gasteiger partial charge in [0, 0.05) is 24.6 Å². The maximum Gasteiger partial charge on any atom is 0.224 e. The Balaban J connectivity index is 1.57. The second-order valence-electron chi connectivity index (χ2n) is 6.36. The quantitative estimate of drug-likeness (QED) is 0.539. The summed E-state index contributed by atoms with van der Waals surface area (Å²) in [5.41, 5.74) is 2.71. The van der Waals surface area contributed by atoms with E-state index in [0.717, 1.165) is 34.7 Å². The van der Waals surface area contributed by atoms with Crippen LogP contribution in [0.1, 0.15) is 12.2 Å². The van der Waals surface area contributed by atoms with Gasteiger partial charge in [0.2, 0.25) is 5.91 Å². The van der Waals surface area contributed by atoms with Gasteiger partial charge in [-0.2, -0.15) is 0 Å². The molecule has 0 fully saturated rings. The van der Waals surface area contributed by atoms with E-state index < -0.39 is 11.6 Å². The predicted octanol–water partition coefficient (Wildman–Crippen LogP) is 4.88. The molecule has 0 saturated carbocycles. The van der Waals surface area contributed by atoms with Crippen LogP contribution >= 0.6 is 0 Å². The van der Waals surface area contributed by atoms with E-state index >= 15 is 0 Å². The molecule has 4 nitrogen and oxygen atoms in total. The van der Waals surface area contributed by atoms with Crippen molar-refractivity contribution in [2.24, 2.45) is 0 Å². The van der Waals surface area contributed by atoms with Gasteiger partial charge in [0.1, 0.15) is 17.5 Å². The molecule has 1 amide bonds. The van der Waals surface area contributed by atoms with Crippen LogP contribution in [0.3, 0.4) is 0 Å². The fraction of sp³-hybridized carbons (Fsp3) is 0.0909. The predicted molar refractivity (Wildman–Crippen MR) is 104 cm³/mol. The zero-order valence-corrected chi connectivity index (χ0v) is 14.9. The molecule has 0 bridgehead atoms. The molecule has 140 valence electrons. The summed E-state index contributed by atoms with van der Waals surface area (Å²) < 4.78 is 28.7. The van der Waals surface area contributed by atoms with Gasteiger partial charge in [0.15, 0.2) is 0 Å². The monoisotopic (exact) mass is 377 g/mol. The number of aromatic nitrogens is 2. The van der Waals surface area contributed by atoms with Crippen molar-refractivity contribution in [3.63, 3.8) is 0 Å². The van der Waals surface area contributed by atoms with E-state index in [1.54, 1.807) is 0 Å². The van der Waals surface area contributed by atoms with E-state index in [1.165, 1.54) is 6.07 Å². The van der Waals surface area contributed by atoms with Crippen LogP contribution in [0, 0.1) is 11.6 Å². The highest BCUT2D eigenvalue weighted by atomic mass is 19.1. The number of amides is 1. The van der Waals surface area contributed by atoms with Crippen LogP contribution in [-0.2, 0) is 11.2 Å². The van der Waals surface area contributed by atoms with Crippen molar-refractivity contribution < 1.29 is 13.6 Å². The van der Waals surface area contributed by atoms with Gasteiger partial charge in [-0.1, -0.05) is 30.3 Å². The van der Waals surface area contributed by atoms with E-state index in [9.17, 15) is 13.6 Å². The molecule has 0 saturated heterocycles. The number of nitrogens with zero attached hydrogens (tertiary/aromatic N) is 2. The SMILES string of the molecule is O=C(CCc1nc2ccccc2n1-c1ccccc1)Nc1ccc(F)cc1F. The molecular formula is C22H17F2N3O. The van der Waals surface area contributed by atoms with Crippen LogP contribution < -0.4 is 5.32 Å². The number of carbonyl (C=O) groups excluding carboxylic acids is 1. The van der Waals surface area contributed by atoms with E-state index in [1.807, 2.05) is 59.2 Å². The Hall–Kier alpha value is -3.54. The van der Waals surface area contributed by atoms with Crippen LogP contribution in [0.4, 0.5) is 14.5 Å². The maximum atomic E-state index is 13.7. The summed E-state index contributed by atoms with van der Waals surface area (Å²) in [7, 11) is 0. The van der Waals surface area contributed by atoms with Crippen molar-refractivity contribution in [3.8, 4) is 5.69 Å². The second kappa shape index (κ2) is 7.60. The minimum atomic E-state index is -0.801. The summed E-state index contributed by atoms with van der Waals surface area (Å²) in [6, 6.07) is 20.6. The zero-order valence-electron chi connectivity index (χ0n) is 14.9. The molecule has 1 aromatic heterocycles. The second-order valence-corrected chi connectivity index (χ2v) is 6.36. The number of hydrogen-bond donors (Lipinski definition) is 1. The molecule has 1 N–H and O–H groups in total. The lowest BCUT2D eigenvalue weighted by Gasteiger charge is -2.10. The summed E-state index contributed by atoms with van der Waals surface area (Å²) in [6.45, 7) is 0. The van der Waals surface area contributed by atoms with Crippen molar-refractivity contribution >= 4 is 22.6 Å². The zero-order chi connectivity index (χ0) is 19.5. The van der Waals surface area contributed by atoms with Gasteiger partial charge >= 0.3 is 0 Å². The molecule has 0 aliphatic rings. The van der Waals surface area contributed by atoms with Gasteiger partial charge in [-0.25, -0.2) is 13.8 Å². The van der Waals surface area contributed by atoms with Crippen molar-refractivity contribution in [1.29, 1.82) is 0 Å². The van der Waals surface area contributed by atoms with E-state index in [-0.39, 0.29) is 18.0 Å². The number of hydrogen-bond acceptors (Lipinski definition) is 2. The Bertz CT molecular complexity index is 1140. The minimum Gasteiger partial charge on any atom is -0.324 e. The number of anilines is 1. The first-order valence-corrected chi connectivity index (χ1v) is 8.88. The number of para-hydroxylation sites is 3. The number of rotatable bonds is 5. The molecule has 6 heteroatoms. The highest BCUT2D eigenvalue weighted by Crippen LogP contribution is 2.22. The van der Waals surface area contributed by atoms with Crippen molar-refractivity contribution in [2.75, 3.05) is 5.32 Å². The lowest BCUT2D eigenvalue weighted by molar-refractivity contribution is -0.116. The van der Waals surface area contributed by atoms with Crippen LogP contribution in [0.5, 0.6) is 0 Å². The van der Waals surface area contributed by atoms with Gasteiger partial charge in [0.25, 0.3) is 0 Å². The molecule has 4 rings (SSSR count). The number of imidazole rings is 1. The molecule has 0 unspecified atom stereocenters. The van der Waals surface area contributed by atoms with Crippen LogP contribution in [0.25, 0.3) is 16.7 Å². The van der Waals surface area contributed by atoms with Gasteiger partial charge in [-0.15, -0.1) is 0 Å². The smallest absolute Gasteiger partial charge is 0.224 e. The number of carbonyl (C=O) groups is 1. The molecule has 3 aromatic carbocycles. The normalized spacial score (nSPS) is 10.9. The standard InChI is InChI=1S/C22H17F2N3O/c23-15-10-11-18(17(24)14-15)26-22(28)13-12-21-25-19-8-4-5-9-20(19)27(21)16-6-2-1-3-7-16/h1-11,14H,12-13H2,(H,26,28). The Morgan fingerprint density at radius 3 is 2.50 bits per heavy atom. The number of benzene rings is 3. The molecule has 0 atom stereocenters. The van der Waals surface area contributed by atoms with Gasteiger partial charge in [0.05, 0.1) is 16.7 Å². The number of halogens is 2. The first-order valence-electron chi connectivity index (χ1n) is 8.88. The van der Waals surface area contributed by atoms with Crippen LogP contribution in [-0.4, -0.2) is 15.5 Å². The first kappa shape index (κ1) is 17.9. The average molecular weight is 377 g/mol. The minimum absolute atomic E-state index is 0.0389. The number of nitrogens with one attached hydrogen (secondary N) is 1. The van der Waals surface area contributed by atoms with Crippen LogP contribution in [0.2, 0.25) is 0 Å². The highest BCUT2D eigenvalue weighted by Gasteiger charge is 2.14. The maximum absolute atomic E-state index is 13.7. The van der Waals surface area contributed by atoms with Crippen molar-refractivity contribution in [3.05, 3.63) is 90.3 Å². The van der Waals surface area contributed by atoms with E-state index in [4.69, 9.17) is 0 Å². The molecule has 4 aromatic rings. The van der Waals surface area contributed by atoms with Gasteiger partial charge < -0.3 is 5.32 Å². The van der Waals surface area contributed by atoms with Crippen molar-refractivity contribution in [1.82, 2.24) is 9.55 Å². The molecule has 28 heavy (non-hydrogen) atoms. The third-order valence-corrected chi connectivity index (χ3v) is 4.43. The van der Waals surface area contributed by atoms with E-state index in [2.05, 4.69) is 10.3 Å². The topological polar surface area (TPSA) is 46.9 Å². The van der Waals surface area contributed by atoms with Gasteiger partial charge in [-0.05, 0) is 36.4 Å². The molecular weight excluding hydrogens is 360 g/mol. The first-order chi connectivity index (χ1) is 13.6. The van der Waals surface area contributed by atoms with Gasteiger partial charge in [-0.3, -0.25) is 9.36 Å². The van der Waals surface area contributed by atoms with Crippen molar-refractivity contribution in [2.45, 2.75) is 12.8 Å². The summed E-state index contributed by atoms with van der Waals surface area (Å²) in [6.07, 6.45) is 0.491. The summed E-state index contributed by atoms with van der Waals surface area (Å²) >= 11 is 0. The summed E-state index contributed by atoms with van der Waals surface area (Å²) in [5.74, 6) is -1.11. The number of aryl methyl sites for hydroxylation is 1. The number of fused-ring (bicyclic) bond motifs is 1.